The normalized spacial score (nSPS) is 22.1. The van der Waals surface area contributed by atoms with Gasteiger partial charge in [-0.25, -0.2) is 0 Å². The molecule has 2 unspecified atom stereocenters. The van der Waals surface area contributed by atoms with Crippen molar-refractivity contribution in [3.8, 4) is 0 Å². The third kappa shape index (κ3) is 4.03. The lowest BCUT2D eigenvalue weighted by molar-refractivity contribution is -0.151. The van der Waals surface area contributed by atoms with Crippen LogP contribution in [0, 0.1) is 11.3 Å². The number of hydrogen-bond acceptors (Lipinski definition) is 3. The zero-order chi connectivity index (χ0) is 17.0. The second kappa shape index (κ2) is 7.32. The maximum absolute atomic E-state index is 12.6. The lowest BCUT2D eigenvalue weighted by Crippen LogP contribution is -2.41. The van der Waals surface area contributed by atoms with Gasteiger partial charge in [0.05, 0.1) is 6.61 Å². The fourth-order valence-electron chi connectivity index (χ4n) is 3.11. The molecule has 1 heterocycles. The summed E-state index contributed by atoms with van der Waals surface area (Å²) in [4.78, 5) is 25.8. The Balaban J connectivity index is 2.02. The van der Waals surface area contributed by atoms with Gasteiger partial charge in [-0.15, -0.1) is 0 Å². The highest BCUT2D eigenvalue weighted by molar-refractivity contribution is 6.30. The molecule has 0 aromatic heterocycles. The summed E-state index contributed by atoms with van der Waals surface area (Å²) < 4.78 is 5.05. The minimum atomic E-state index is -0.986. The summed E-state index contributed by atoms with van der Waals surface area (Å²) in [5, 5.41) is 10.1. The molecular formula is C17H22ClNO4. The third-order valence-electron chi connectivity index (χ3n) is 4.39. The summed E-state index contributed by atoms with van der Waals surface area (Å²) >= 11 is 5.97. The number of carbonyl (C=O) groups is 2. The summed E-state index contributed by atoms with van der Waals surface area (Å²) in [6.45, 7) is 2.64. The maximum Gasteiger partial charge on any atom is 0.313 e. The monoisotopic (exact) mass is 339 g/mol. The Morgan fingerprint density at radius 3 is 2.83 bits per heavy atom. The number of nitrogens with zero attached hydrogens (tertiary/aromatic N) is 1. The zero-order valence-electron chi connectivity index (χ0n) is 13.4. The van der Waals surface area contributed by atoms with Crippen LogP contribution < -0.4 is 0 Å². The second-order valence-electron chi connectivity index (χ2n) is 6.26. The number of hydrogen-bond donors (Lipinski definition) is 1. The standard InChI is InChI=1S/C17H22ClNO4/c1-12(8-13-4-3-5-14(18)9-13)15(20)19-7-6-17(10-19,11-23-2)16(21)22/h3-5,9,12H,6-8,10-11H2,1-2H3,(H,21,22). The molecule has 5 nitrogen and oxygen atoms in total. The fraction of sp³-hybridized carbons (Fsp3) is 0.529. The van der Waals surface area contributed by atoms with Crippen molar-refractivity contribution >= 4 is 23.5 Å². The first-order chi connectivity index (χ1) is 10.9. The van der Waals surface area contributed by atoms with Crippen LogP contribution in [0.3, 0.4) is 0 Å². The number of benzene rings is 1. The first kappa shape index (κ1) is 17.8. The van der Waals surface area contributed by atoms with Gasteiger partial charge < -0.3 is 14.7 Å². The molecule has 0 bridgehead atoms. The van der Waals surface area contributed by atoms with Gasteiger partial charge in [-0.3, -0.25) is 9.59 Å². The van der Waals surface area contributed by atoms with E-state index in [1.165, 1.54) is 7.11 Å². The van der Waals surface area contributed by atoms with Crippen LogP contribution >= 0.6 is 11.6 Å². The maximum atomic E-state index is 12.6. The molecule has 0 aliphatic carbocycles. The molecule has 2 rings (SSSR count). The number of amides is 1. The number of aliphatic carboxylic acids is 1. The van der Waals surface area contributed by atoms with E-state index in [0.717, 1.165) is 5.56 Å². The molecule has 23 heavy (non-hydrogen) atoms. The van der Waals surface area contributed by atoms with E-state index in [0.29, 0.717) is 24.4 Å². The van der Waals surface area contributed by atoms with E-state index < -0.39 is 11.4 Å². The molecule has 0 saturated carbocycles. The van der Waals surface area contributed by atoms with E-state index in [1.54, 1.807) is 11.0 Å². The van der Waals surface area contributed by atoms with Gasteiger partial charge in [0.1, 0.15) is 5.41 Å². The van der Waals surface area contributed by atoms with Crippen LogP contribution in [0.5, 0.6) is 0 Å². The lowest BCUT2D eigenvalue weighted by atomic mass is 9.88. The topological polar surface area (TPSA) is 66.8 Å². The Morgan fingerprint density at radius 1 is 1.48 bits per heavy atom. The molecule has 2 atom stereocenters. The van der Waals surface area contributed by atoms with Crippen LogP contribution in [0.25, 0.3) is 0 Å². The van der Waals surface area contributed by atoms with Crippen LogP contribution in [-0.2, 0) is 20.7 Å². The number of ether oxygens (including phenoxy) is 1. The predicted molar refractivity (Wildman–Crippen MR) is 87.5 cm³/mol. The highest BCUT2D eigenvalue weighted by Gasteiger charge is 2.46. The molecule has 1 saturated heterocycles. The van der Waals surface area contributed by atoms with Crippen LogP contribution in [0.15, 0.2) is 24.3 Å². The zero-order valence-corrected chi connectivity index (χ0v) is 14.2. The first-order valence-corrected chi connectivity index (χ1v) is 8.01. The average Bonchev–Trinajstić information content (AvgIpc) is 2.92. The Labute approximate surface area is 141 Å². The molecule has 1 aliphatic heterocycles. The van der Waals surface area contributed by atoms with Crippen LogP contribution in [0.4, 0.5) is 0 Å². The molecule has 1 aliphatic rings. The second-order valence-corrected chi connectivity index (χ2v) is 6.70. The molecule has 1 aromatic carbocycles. The predicted octanol–water partition coefficient (Wildman–Crippen LogP) is 2.47. The van der Waals surface area contributed by atoms with Gasteiger partial charge in [-0.1, -0.05) is 30.7 Å². The number of rotatable bonds is 6. The lowest BCUT2D eigenvalue weighted by Gasteiger charge is -2.25. The van der Waals surface area contributed by atoms with Gasteiger partial charge in [-0.2, -0.15) is 0 Å². The van der Waals surface area contributed by atoms with Crippen molar-refractivity contribution in [3.63, 3.8) is 0 Å². The van der Waals surface area contributed by atoms with E-state index >= 15 is 0 Å². The van der Waals surface area contributed by atoms with Gasteiger partial charge in [-0.05, 0) is 30.5 Å². The third-order valence-corrected chi connectivity index (χ3v) is 4.63. The minimum absolute atomic E-state index is 0.0239. The first-order valence-electron chi connectivity index (χ1n) is 7.63. The highest BCUT2D eigenvalue weighted by atomic mass is 35.5. The summed E-state index contributed by atoms with van der Waals surface area (Å²) in [6, 6.07) is 7.44. The molecule has 1 N–H and O–H groups in total. The van der Waals surface area contributed by atoms with Crippen molar-refractivity contribution in [3.05, 3.63) is 34.9 Å². The van der Waals surface area contributed by atoms with Crippen LogP contribution in [0.1, 0.15) is 18.9 Å². The van der Waals surface area contributed by atoms with Gasteiger partial charge >= 0.3 is 5.97 Å². The van der Waals surface area contributed by atoms with E-state index in [-0.39, 0.29) is 25.0 Å². The fourth-order valence-corrected chi connectivity index (χ4v) is 3.32. The molecule has 0 spiro atoms. The summed E-state index contributed by atoms with van der Waals surface area (Å²) in [6.07, 6.45) is 1.01. The minimum Gasteiger partial charge on any atom is -0.481 e. The molecule has 6 heteroatoms. The average molecular weight is 340 g/mol. The highest BCUT2D eigenvalue weighted by Crippen LogP contribution is 2.32. The quantitative estimate of drug-likeness (QED) is 0.864. The van der Waals surface area contributed by atoms with Crippen LogP contribution in [0.2, 0.25) is 5.02 Å². The van der Waals surface area contributed by atoms with Crippen molar-refractivity contribution in [2.75, 3.05) is 26.8 Å². The van der Waals surface area contributed by atoms with E-state index in [4.69, 9.17) is 16.3 Å². The van der Waals surface area contributed by atoms with Gasteiger partial charge in [0, 0.05) is 31.1 Å². The number of carboxylic acids is 1. The van der Waals surface area contributed by atoms with Crippen molar-refractivity contribution < 1.29 is 19.4 Å². The molecule has 1 fully saturated rings. The van der Waals surface area contributed by atoms with E-state index in [1.807, 2.05) is 25.1 Å². The number of methoxy groups -OCH3 is 1. The molecule has 126 valence electrons. The molecule has 1 aromatic rings. The van der Waals surface area contributed by atoms with Gasteiger partial charge in [0.2, 0.25) is 5.91 Å². The number of carboxylic acid groups (broad SMARTS) is 1. The van der Waals surface area contributed by atoms with Crippen LogP contribution in [-0.4, -0.2) is 48.7 Å². The van der Waals surface area contributed by atoms with Gasteiger partial charge in [0.15, 0.2) is 0 Å². The summed E-state index contributed by atoms with van der Waals surface area (Å²) in [5.41, 5.74) is 0.0131. The molecule has 0 radical (unpaired) electrons. The van der Waals surface area contributed by atoms with Crippen molar-refractivity contribution in [1.82, 2.24) is 4.90 Å². The summed E-state index contributed by atoms with van der Waals surface area (Å²) in [7, 11) is 1.48. The van der Waals surface area contributed by atoms with Crippen molar-refractivity contribution in [2.45, 2.75) is 19.8 Å². The SMILES string of the molecule is COCC1(C(=O)O)CCN(C(=O)C(C)Cc2cccc(Cl)c2)C1. The van der Waals surface area contributed by atoms with Crippen molar-refractivity contribution in [1.29, 1.82) is 0 Å². The largest absolute Gasteiger partial charge is 0.481 e. The smallest absolute Gasteiger partial charge is 0.313 e. The number of halogens is 1. The van der Waals surface area contributed by atoms with E-state index in [9.17, 15) is 14.7 Å². The Morgan fingerprint density at radius 2 is 2.22 bits per heavy atom. The van der Waals surface area contributed by atoms with Gasteiger partial charge in [0.25, 0.3) is 0 Å². The van der Waals surface area contributed by atoms with E-state index in [2.05, 4.69) is 0 Å². The summed E-state index contributed by atoms with van der Waals surface area (Å²) in [5.74, 6) is -1.15. The Bertz CT molecular complexity index is 592. The van der Waals surface area contributed by atoms with Crippen molar-refractivity contribution in [2.24, 2.45) is 11.3 Å². The number of carbonyl (C=O) groups excluding carboxylic acids is 1. The Hall–Kier alpha value is -1.59. The molecule has 1 amide bonds. The Kier molecular flexibility index (Phi) is 5.65. The number of likely N-dealkylation sites (tertiary alicyclic amines) is 1. The molecular weight excluding hydrogens is 318 g/mol.